The van der Waals surface area contributed by atoms with Gasteiger partial charge in [0.15, 0.2) is 0 Å². The Morgan fingerprint density at radius 2 is 2.25 bits per heavy atom. The molecule has 1 amide bonds. The van der Waals surface area contributed by atoms with E-state index in [0.29, 0.717) is 12.6 Å². The highest BCUT2D eigenvalue weighted by Crippen LogP contribution is 2.21. The van der Waals surface area contributed by atoms with Crippen molar-refractivity contribution >= 4 is 6.09 Å². The molecule has 1 aliphatic rings. The second kappa shape index (κ2) is 5.01. The molecule has 5 heteroatoms. The summed E-state index contributed by atoms with van der Waals surface area (Å²) in [6, 6.07) is 2.35. The zero-order valence-electron chi connectivity index (χ0n) is 9.50. The molecule has 5 nitrogen and oxygen atoms in total. The van der Waals surface area contributed by atoms with E-state index < -0.39 is 0 Å². The van der Waals surface area contributed by atoms with Gasteiger partial charge in [0.25, 0.3) is 0 Å². The number of likely N-dealkylation sites (tertiary alicyclic amines) is 1. The Hall–Kier alpha value is -1.52. The SMILES string of the molecule is CCOC(=O)N1CCC(n2cccn2)CC1. The zero-order chi connectivity index (χ0) is 11.4. The highest BCUT2D eigenvalue weighted by atomic mass is 16.6. The van der Waals surface area contributed by atoms with Gasteiger partial charge in [-0.15, -0.1) is 0 Å². The highest BCUT2D eigenvalue weighted by molar-refractivity contribution is 5.67. The molecule has 0 radical (unpaired) electrons. The van der Waals surface area contributed by atoms with Crippen LogP contribution in [-0.4, -0.2) is 40.5 Å². The molecule has 0 spiro atoms. The van der Waals surface area contributed by atoms with Gasteiger partial charge >= 0.3 is 6.09 Å². The standard InChI is InChI=1S/C11H17N3O2/c1-2-16-11(15)13-8-4-10(5-9-13)14-7-3-6-12-14/h3,6-7,10H,2,4-5,8-9H2,1H3. The van der Waals surface area contributed by atoms with E-state index in [1.807, 2.05) is 23.9 Å². The summed E-state index contributed by atoms with van der Waals surface area (Å²) in [4.78, 5) is 13.2. The Kier molecular flexibility index (Phi) is 3.44. The predicted molar refractivity (Wildman–Crippen MR) is 59.1 cm³/mol. The van der Waals surface area contributed by atoms with E-state index >= 15 is 0 Å². The van der Waals surface area contributed by atoms with Crippen molar-refractivity contribution in [3.8, 4) is 0 Å². The van der Waals surface area contributed by atoms with E-state index in [9.17, 15) is 4.79 Å². The van der Waals surface area contributed by atoms with Crippen LogP contribution in [0.5, 0.6) is 0 Å². The van der Waals surface area contributed by atoms with E-state index in [2.05, 4.69) is 5.10 Å². The Morgan fingerprint density at radius 1 is 1.50 bits per heavy atom. The normalized spacial score (nSPS) is 17.4. The lowest BCUT2D eigenvalue weighted by Gasteiger charge is -2.31. The van der Waals surface area contributed by atoms with Crippen LogP contribution in [0.1, 0.15) is 25.8 Å². The number of aromatic nitrogens is 2. The van der Waals surface area contributed by atoms with Crippen LogP contribution in [0.25, 0.3) is 0 Å². The van der Waals surface area contributed by atoms with E-state index in [-0.39, 0.29) is 6.09 Å². The molecule has 1 aromatic rings. The first kappa shape index (κ1) is 11.0. The molecule has 0 unspecified atom stereocenters. The first-order valence-electron chi connectivity index (χ1n) is 5.72. The summed E-state index contributed by atoms with van der Waals surface area (Å²) in [5, 5.41) is 4.23. The molecule has 0 aromatic carbocycles. The van der Waals surface area contributed by atoms with Crippen molar-refractivity contribution in [1.29, 1.82) is 0 Å². The lowest BCUT2D eigenvalue weighted by molar-refractivity contribution is 0.0916. The molecule has 0 N–H and O–H groups in total. The molecule has 0 aliphatic carbocycles. The largest absolute Gasteiger partial charge is 0.450 e. The molecule has 1 aromatic heterocycles. The molecule has 1 aliphatic heterocycles. The van der Waals surface area contributed by atoms with Crippen LogP contribution < -0.4 is 0 Å². The van der Waals surface area contributed by atoms with Crippen molar-refractivity contribution < 1.29 is 9.53 Å². The average molecular weight is 223 g/mol. The van der Waals surface area contributed by atoms with Crippen LogP contribution in [0, 0.1) is 0 Å². The van der Waals surface area contributed by atoms with Gasteiger partial charge in [-0.3, -0.25) is 4.68 Å². The number of ether oxygens (including phenoxy) is 1. The maximum absolute atomic E-state index is 11.5. The number of nitrogens with zero attached hydrogens (tertiary/aromatic N) is 3. The van der Waals surface area contributed by atoms with Crippen LogP contribution in [0.3, 0.4) is 0 Å². The predicted octanol–water partition coefficient (Wildman–Crippen LogP) is 1.68. The van der Waals surface area contributed by atoms with Crippen LogP contribution >= 0.6 is 0 Å². The van der Waals surface area contributed by atoms with Gasteiger partial charge in [-0.1, -0.05) is 0 Å². The van der Waals surface area contributed by atoms with Crippen LogP contribution in [0.15, 0.2) is 18.5 Å². The number of rotatable bonds is 2. The number of carbonyl (C=O) groups excluding carboxylic acids is 1. The lowest BCUT2D eigenvalue weighted by atomic mass is 10.1. The summed E-state index contributed by atoms with van der Waals surface area (Å²) in [7, 11) is 0. The van der Waals surface area contributed by atoms with E-state index in [0.717, 1.165) is 25.9 Å². The van der Waals surface area contributed by atoms with Crippen molar-refractivity contribution in [3.05, 3.63) is 18.5 Å². The second-order valence-electron chi connectivity index (χ2n) is 3.90. The van der Waals surface area contributed by atoms with Crippen molar-refractivity contribution in [3.63, 3.8) is 0 Å². The van der Waals surface area contributed by atoms with Crippen molar-refractivity contribution in [1.82, 2.24) is 14.7 Å². The quantitative estimate of drug-likeness (QED) is 0.766. The summed E-state index contributed by atoms with van der Waals surface area (Å²) in [6.07, 6.45) is 5.46. The fourth-order valence-electron chi connectivity index (χ4n) is 2.02. The topological polar surface area (TPSA) is 47.4 Å². The lowest BCUT2D eigenvalue weighted by Crippen LogP contribution is -2.39. The Labute approximate surface area is 95.0 Å². The minimum atomic E-state index is -0.193. The van der Waals surface area contributed by atoms with E-state index in [4.69, 9.17) is 4.74 Å². The van der Waals surface area contributed by atoms with Gasteiger partial charge in [-0.25, -0.2) is 4.79 Å². The Bertz CT molecular complexity index is 329. The van der Waals surface area contributed by atoms with Crippen LogP contribution in [0.4, 0.5) is 4.79 Å². The third kappa shape index (κ3) is 2.35. The monoisotopic (exact) mass is 223 g/mol. The number of piperidine rings is 1. The second-order valence-corrected chi connectivity index (χ2v) is 3.90. The van der Waals surface area contributed by atoms with Crippen molar-refractivity contribution in [2.24, 2.45) is 0 Å². The van der Waals surface area contributed by atoms with Crippen molar-refractivity contribution in [2.45, 2.75) is 25.8 Å². The first-order valence-corrected chi connectivity index (χ1v) is 5.72. The molecule has 2 rings (SSSR count). The third-order valence-corrected chi connectivity index (χ3v) is 2.89. The number of carbonyl (C=O) groups is 1. The minimum absolute atomic E-state index is 0.193. The van der Waals surface area contributed by atoms with E-state index in [1.54, 1.807) is 11.1 Å². The average Bonchev–Trinajstić information content (AvgIpc) is 2.83. The molecule has 2 heterocycles. The molecule has 16 heavy (non-hydrogen) atoms. The van der Waals surface area contributed by atoms with Gasteiger partial charge in [-0.2, -0.15) is 5.10 Å². The van der Waals surface area contributed by atoms with Gasteiger partial charge in [0.1, 0.15) is 0 Å². The fraction of sp³-hybridized carbons (Fsp3) is 0.636. The molecule has 0 bridgehead atoms. The molecule has 0 atom stereocenters. The molecular formula is C11H17N3O2. The third-order valence-electron chi connectivity index (χ3n) is 2.89. The number of hydrogen-bond donors (Lipinski definition) is 0. The summed E-state index contributed by atoms with van der Waals surface area (Å²) < 4.78 is 6.95. The highest BCUT2D eigenvalue weighted by Gasteiger charge is 2.24. The van der Waals surface area contributed by atoms with Gasteiger partial charge in [-0.05, 0) is 25.8 Å². The molecular weight excluding hydrogens is 206 g/mol. The first-order chi connectivity index (χ1) is 7.81. The Balaban J connectivity index is 1.85. The molecule has 1 saturated heterocycles. The summed E-state index contributed by atoms with van der Waals surface area (Å²) in [6.45, 7) is 3.78. The van der Waals surface area contributed by atoms with Crippen LogP contribution in [-0.2, 0) is 4.74 Å². The number of hydrogen-bond acceptors (Lipinski definition) is 3. The van der Waals surface area contributed by atoms with E-state index in [1.165, 1.54) is 0 Å². The molecule has 1 fully saturated rings. The Morgan fingerprint density at radius 3 is 2.81 bits per heavy atom. The minimum Gasteiger partial charge on any atom is -0.450 e. The van der Waals surface area contributed by atoms with Gasteiger partial charge < -0.3 is 9.64 Å². The molecule has 88 valence electrons. The van der Waals surface area contributed by atoms with Crippen molar-refractivity contribution in [2.75, 3.05) is 19.7 Å². The van der Waals surface area contributed by atoms with Gasteiger partial charge in [0, 0.05) is 25.5 Å². The van der Waals surface area contributed by atoms with Crippen LogP contribution in [0.2, 0.25) is 0 Å². The fourth-order valence-corrected chi connectivity index (χ4v) is 2.02. The van der Waals surface area contributed by atoms with Gasteiger partial charge in [0.2, 0.25) is 0 Å². The smallest absolute Gasteiger partial charge is 0.409 e. The van der Waals surface area contributed by atoms with Gasteiger partial charge in [0.05, 0.1) is 12.6 Å². The summed E-state index contributed by atoms with van der Waals surface area (Å²) in [5.41, 5.74) is 0. The molecule has 0 saturated carbocycles. The summed E-state index contributed by atoms with van der Waals surface area (Å²) >= 11 is 0. The maximum Gasteiger partial charge on any atom is 0.409 e. The maximum atomic E-state index is 11.5. The zero-order valence-corrected chi connectivity index (χ0v) is 9.50. The summed E-state index contributed by atoms with van der Waals surface area (Å²) in [5.74, 6) is 0. The number of amides is 1.